The highest BCUT2D eigenvalue weighted by Gasteiger charge is 2.30. The number of rotatable bonds is 4. The summed E-state index contributed by atoms with van der Waals surface area (Å²) in [6, 6.07) is 12.0. The van der Waals surface area contributed by atoms with E-state index >= 15 is 0 Å². The van der Waals surface area contributed by atoms with Gasteiger partial charge in [0.15, 0.2) is 0 Å². The first-order valence-electron chi connectivity index (χ1n) is 9.45. The summed E-state index contributed by atoms with van der Waals surface area (Å²) in [5.41, 5.74) is 2.20. The van der Waals surface area contributed by atoms with Crippen LogP contribution in [0.4, 0.5) is 4.39 Å². The Morgan fingerprint density at radius 1 is 1.17 bits per heavy atom. The van der Waals surface area contributed by atoms with Crippen LogP contribution in [0.25, 0.3) is 17.2 Å². The van der Waals surface area contributed by atoms with Crippen LogP contribution in [0.15, 0.2) is 59.4 Å². The van der Waals surface area contributed by atoms with Crippen molar-refractivity contribution in [3.63, 3.8) is 0 Å². The fraction of sp³-hybridized carbons (Fsp3) is 0.238. The Hall–Kier alpha value is -3.55. The van der Waals surface area contributed by atoms with E-state index in [0.29, 0.717) is 43.3 Å². The van der Waals surface area contributed by atoms with E-state index in [2.05, 4.69) is 15.1 Å². The number of hydrogen-bond donors (Lipinski definition) is 0. The minimum atomic E-state index is -0.308. The van der Waals surface area contributed by atoms with Crippen LogP contribution in [0, 0.1) is 5.82 Å². The molecule has 0 aliphatic carbocycles. The van der Waals surface area contributed by atoms with Gasteiger partial charge in [-0.2, -0.15) is 4.98 Å². The van der Waals surface area contributed by atoms with Crippen LogP contribution in [0.2, 0.25) is 0 Å². The fourth-order valence-corrected chi connectivity index (χ4v) is 3.67. The second kappa shape index (κ2) is 7.12. The van der Waals surface area contributed by atoms with E-state index < -0.39 is 0 Å². The zero-order valence-corrected chi connectivity index (χ0v) is 15.5. The highest BCUT2D eigenvalue weighted by molar-refractivity contribution is 5.77. The molecule has 1 atom stereocenters. The molecule has 1 amide bonds. The highest BCUT2D eigenvalue weighted by Crippen LogP contribution is 2.29. The minimum absolute atomic E-state index is 0.0469. The third kappa shape index (κ3) is 3.49. The first kappa shape index (κ1) is 17.5. The maximum atomic E-state index is 13.5. The van der Waals surface area contributed by atoms with E-state index in [0.717, 1.165) is 11.2 Å². The summed E-state index contributed by atoms with van der Waals surface area (Å²) in [4.78, 5) is 23.1. The number of likely N-dealkylation sites (tertiary alicyclic amines) is 1. The Bertz CT molecular complexity index is 1150. The SMILES string of the molecule is O=C1CCC(c2nc(-c3cn4ccccc4n3)no2)CN1Cc1cccc(F)c1. The third-order valence-electron chi connectivity index (χ3n) is 5.15. The molecule has 29 heavy (non-hydrogen) atoms. The Morgan fingerprint density at radius 2 is 2.10 bits per heavy atom. The summed E-state index contributed by atoms with van der Waals surface area (Å²) in [7, 11) is 0. The molecule has 1 fully saturated rings. The molecule has 8 heteroatoms. The van der Waals surface area contributed by atoms with Crippen LogP contribution in [0.1, 0.15) is 30.2 Å². The first-order valence-corrected chi connectivity index (χ1v) is 9.45. The van der Waals surface area contributed by atoms with Gasteiger partial charge in [0, 0.05) is 31.9 Å². The topological polar surface area (TPSA) is 76.5 Å². The number of benzene rings is 1. The third-order valence-corrected chi connectivity index (χ3v) is 5.15. The van der Waals surface area contributed by atoms with Crippen LogP contribution < -0.4 is 0 Å². The monoisotopic (exact) mass is 391 g/mol. The Morgan fingerprint density at radius 3 is 2.97 bits per heavy atom. The largest absolute Gasteiger partial charge is 0.339 e. The number of halogens is 1. The van der Waals surface area contributed by atoms with E-state index in [1.807, 2.05) is 41.1 Å². The van der Waals surface area contributed by atoms with E-state index in [1.165, 1.54) is 12.1 Å². The standard InChI is InChI=1S/C21H18FN5O2/c22-16-5-3-4-14(10-16)11-27-12-15(7-8-19(27)28)21-24-20(25-29-21)17-13-26-9-2-1-6-18(26)23-17/h1-6,9-10,13,15H,7-8,11-12H2. The van der Waals surface area contributed by atoms with Crippen molar-refractivity contribution in [3.8, 4) is 11.5 Å². The maximum absolute atomic E-state index is 13.5. The Labute approximate surface area is 165 Å². The van der Waals surface area contributed by atoms with Crippen molar-refractivity contribution in [2.75, 3.05) is 6.54 Å². The number of fused-ring (bicyclic) bond motifs is 1. The van der Waals surface area contributed by atoms with Crippen LogP contribution >= 0.6 is 0 Å². The van der Waals surface area contributed by atoms with Crippen LogP contribution in [0.5, 0.6) is 0 Å². The van der Waals surface area contributed by atoms with Crippen molar-refractivity contribution >= 4 is 11.6 Å². The zero-order valence-electron chi connectivity index (χ0n) is 15.5. The van der Waals surface area contributed by atoms with E-state index in [4.69, 9.17) is 4.52 Å². The van der Waals surface area contributed by atoms with E-state index in [-0.39, 0.29) is 17.6 Å². The Kier molecular flexibility index (Phi) is 4.31. The lowest BCUT2D eigenvalue weighted by Crippen LogP contribution is -2.38. The van der Waals surface area contributed by atoms with Gasteiger partial charge in [-0.1, -0.05) is 23.4 Å². The summed E-state index contributed by atoms with van der Waals surface area (Å²) in [6.45, 7) is 0.822. The van der Waals surface area contributed by atoms with Crippen molar-refractivity contribution < 1.29 is 13.7 Å². The number of amides is 1. The Balaban J connectivity index is 1.35. The van der Waals surface area contributed by atoms with E-state index in [9.17, 15) is 9.18 Å². The van der Waals surface area contributed by atoms with Gasteiger partial charge in [0.2, 0.25) is 17.6 Å². The number of carbonyl (C=O) groups is 1. The molecule has 3 aromatic heterocycles. The van der Waals surface area contributed by atoms with E-state index in [1.54, 1.807) is 11.0 Å². The predicted molar refractivity (Wildman–Crippen MR) is 102 cm³/mol. The van der Waals surface area contributed by atoms with Crippen molar-refractivity contribution in [3.05, 3.63) is 72.1 Å². The zero-order chi connectivity index (χ0) is 19.8. The number of pyridine rings is 1. The normalized spacial score (nSPS) is 17.2. The van der Waals surface area contributed by atoms with Crippen molar-refractivity contribution in [2.24, 2.45) is 0 Å². The predicted octanol–water partition coefficient (Wildman–Crippen LogP) is 3.43. The molecule has 0 spiro atoms. The van der Waals surface area contributed by atoms with Crippen molar-refractivity contribution in [1.29, 1.82) is 0 Å². The van der Waals surface area contributed by atoms with Gasteiger partial charge in [-0.25, -0.2) is 9.37 Å². The highest BCUT2D eigenvalue weighted by atomic mass is 19.1. The molecule has 146 valence electrons. The summed E-state index contributed by atoms with van der Waals surface area (Å²) in [5.74, 6) is 0.605. The van der Waals surface area contributed by atoms with Gasteiger partial charge in [-0.3, -0.25) is 4.79 Å². The molecule has 0 bridgehead atoms. The molecule has 5 rings (SSSR count). The van der Waals surface area contributed by atoms with Gasteiger partial charge in [0.1, 0.15) is 17.2 Å². The first-order chi connectivity index (χ1) is 14.2. The molecule has 0 N–H and O–H groups in total. The smallest absolute Gasteiger partial charge is 0.231 e. The number of nitrogens with zero attached hydrogens (tertiary/aromatic N) is 5. The molecule has 1 saturated heterocycles. The molecule has 7 nitrogen and oxygen atoms in total. The quantitative estimate of drug-likeness (QED) is 0.533. The molecule has 4 heterocycles. The maximum Gasteiger partial charge on any atom is 0.231 e. The number of imidazole rings is 1. The molecule has 0 radical (unpaired) electrons. The van der Waals surface area contributed by atoms with Gasteiger partial charge in [-0.05, 0) is 36.2 Å². The second-order valence-corrected chi connectivity index (χ2v) is 7.19. The van der Waals surface area contributed by atoms with Gasteiger partial charge in [0.25, 0.3) is 0 Å². The molecule has 1 aliphatic heterocycles. The molecule has 1 unspecified atom stereocenters. The summed E-state index contributed by atoms with van der Waals surface area (Å²) in [5, 5.41) is 4.08. The lowest BCUT2D eigenvalue weighted by Gasteiger charge is -2.31. The lowest BCUT2D eigenvalue weighted by molar-refractivity contribution is -0.134. The van der Waals surface area contributed by atoms with Gasteiger partial charge in [-0.15, -0.1) is 0 Å². The van der Waals surface area contributed by atoms with Gasteiger partial charge < -0.3 is 13.8 Å². The van der Waals surface area contributed by atoms with Crippen LogP contribution in [-0.4, -0.2) is 36.9 Å². The van der Waals surface area contributed by atoms with Crippen molar-refractivity contribution in [1.82, 2.24) is 24.4 Å². The summed E-state index contributed by atoms with van der Waals surface area (Å²) >= 11 is 0. The molecular formula is C21H18FN5O2. The van der Waals surface area contributed by atoms with Crippen LogP contribution in [-0.2, 0) is 11.3 Å². The number of piperidine rings is 1. The van der Waals surface area contributed by atoms with Gasteiger partial charge >= 0.3 is 0 Å². The lowest BCUT2D eigenvalue weighted by atomic mass is 9.97. The van der Waals surface area contributed by atoms with Gasteiger partial charge in [0.05, 0.1) is 5.92 Å². The number of carbonyl (C=O) groups excluding carboxylic acids is 1. The minimum Gasteiger partial charge on any atom is -0.339 e. The second-order valence-electron chi connectivity index (χ2n) is 7.19. The molecule has 1 aliphatic rings. The molecule has 4 aromatic rings. The molecule has 0 saturated carbocycles. The fourth-order valence-electron chi connectivity index (χ4n) is 3.67. The van der Waals surface area contributed by atoms with Crippen LogP contribution in [0.3, 0.4) is 0 Å². The average molecular weight is 391 g/mol. The number of hydrogen-bond acceptors (Lipinski definition) is 5. The summed E-state index contributed by atoms with van der Waals surface area (Å²) in [6.07, 6.45) is 4.80. The number of aromatic nitrogens is 4. The average Bonchev–Trinajstić information content (AvgIpc) is 3.36. The molecular weight excluding hydrogens is 373 g/mol. The van der Waals surface area contributed by atoms with Crippen molar-refractivity contribution in [2.45, 2.75) is 25.3 Å². The summed E-state index contributed by atoms with van der Waals surface area (Å²) < 4.78 is 20.9. The molecule has 1 aromatic carbocycles.